The Balaban J connectivity index is 1.95. The Bertz CT molecular complexity index is 900. The Hall–Kier alpha value is -3.28. The van der Waals surface area contributed by atoms with E-state index in [1.165, 1.54) is 6.33 Å². The molecule has 0 bridgehead atoms. The fourth-order valence-corrected chi connectivity index (χ4v) is 2.28. The van der Waals surface area contributed by atoms with Gasteiger partial charge in [-0.3, -0.25) is 5.43 Å². The molecule has 2 N–H and O–H groups in total. The van der Waals surface area contributed by atoms with Gasteiger partial charge in [-0.2, -0.15) is 5.10 Å². The summed E-state index contributed by atoms with van der Waals surface area (Å²) >= 11 is 0. The highest BCUT2D eigenvalue weighted by atomic mass is 16.4. The van der Waals surface area contributed by atoms with Crippen molar-refractivity contribution in [3.8, 4) is 0 Å². The summed E-state index contributed by atoms with van der Waals surface area (Å²) < 4.78 is 0. The van der Waals surface area contributed by atoms with Crippen LogP contribution in [0.15, 0.2) is 60.0 Å². The summed E-state index contributed by atoms with van der Waals surface area (Å²) in [5, 5.41) is 14.4. The van der Waals surface area contributed by atoms with Crippen LogP contribution in [0.5, 0.6) is 0 Å². The van der Waals surface area contributed by atoms with Gasteiger partial charge >= 0.3 is 5.97 Å². The molecule has 23 heavy (non-hydrogen) atoms. The molecule has 2 aromatic carbocycles. The number of benzene rings is 2. The molecule has 3 rings (SSSR count). The maximum atomic E-state index is 11.3. The standard InChI is InChI=1S/C17H14N4O2/c1-11(12-6-2-3-7-13(12)17(22)23)20-21-16-14-8-4-5-9-15(14)18-10-19-16/h2-10H,1H3,(H,22,23)(H,18,19,21)/b20-11+. The number of aromatic nitrogens is 2. The largest absolute Gasteiger partial charge is 0.478 e. The SMILES string of the molecule is C/C(=N\Nc1ncnc2ccccc12)c1ccccc1C(=O)O. The summed E-state index contributed by atoms with van der Waals surface area (Å²) in [5.41, 5.74) is 5.04. The van der Waals surface area contributed by atoms with E-state index in [1.807, 2.05) is 24.3 Å². The van der Waals surface area contributed by atoms with Gasteiger partial charge in [0.05, 0.1) is 16.8 Å². The van der Waals surface area contributed by atoms with Crippen molar-refractivity contribution in [2.75, 3.05) is 5.43 Å². The van der Waals surface area contributed by atoms with E-state index in [9.17, 15) is 9.90 Å². The lowest BCUT2D eigenvalue weighted by atomic mass is 10.0. The summed E-state index contributed by atoms with van der Waals surface area (Å²) in [7, 11) is 0. The molecule has 0 radical (unpaired) electrons. The number of nitrogens with one attached hydrogen (secondary N) is 1. The molecule has 0 fully saturated rings. The van der Waals surface area contributed by atoms with Crippen molar-refractivity contribution < 1.29 is 9.90 Å². The zero-order valence-electron chi connectivity index (χ0n) is 12.4. The number of nitrogens with zero attached hydrogens (tertiary/aromatic N) is 3. The van der Waals surface area contributed by atoms with Crippen molar-refractivity contribution in [1.82, 2.24) is 9.97 Å². The summed E-state index contributed by atoms with van der Waals surface area (Å²) in [4.78, 5) is 19.7. The lowest BCUT2D eigenvalue weighted by molar-refractivity contribution is 0.0696. The number of rotatable bonds is 4. The molecule has 0 aliphatic rings. The number of carbonyl (C=O) groups is 1. The van der Waals surface area contributed by atoms with Gasteiger partial charge in [0, 0.05) is 10.9 Å². The average molecular weight is 306 g/mol. The Morgan fingerprint density at radius 2 is 1.74 bits per heavy atom. The molecule has 0 amide bonds. The van der Waals surface area contributed by atoms with Crippen LogP contribution in [0.4, 0.5) is 5.82 Å². The highest BCUT2D eigenvalue weighted by Crippen LogP contribution is 2.18. The number of anilines is 1. The molecule has 0 unspecified atom stereocenters. The molecule has 6 heteroatoms. The number of hydrogen-bond donors (Lipinski definition) is 2. The lowest BCUT2D eigenvalue weighted by Gasteiger charge is -2.07. The molecule has 0 aliphatic heterocycles. The number of aromatic carboxylic acids is 1. The van der Waals surface area contributed by atoms with Gasteiger partial charge in [-0.1, -0.05) is 30.3 Å². The predicted molar refractivity (Wildman–Crippen MR) is 88.8 cm³/mol. The van der Waals surface area contributed by atoms with Crippen molar-refractivity contribution in [3.05, 3.63) is 66.0 Å². The van der Waals surface area contributed by atoms with Crippen LogP contribution >= 0.6 is 0 Å². The van der Waals surface area contributed by atoms with E-state index in [2.05, 4.69) is 20.5 Å². The summed E-state index contributed by atoms with van der Waals surface area (Å²) in [6, 6.07) is 14.3. The van der Waals surface area contributed by atoms with Crippen LogP contribution in [0.3, 0.4) is 0 Å². The van der Waals surface area contributed by atoms with E-state index in [-0.39, 0.29) is 5.56 Å². The van der Waals surface area contributed by atoms with Crippen LogP contribution in [-0.4, -0.2) is 26.8 Å². The van der Waals surface area contributed by atoms with E-state index in [0.29, 0.717) is 17.1 Å². The molecule has 1 aromatic heterocycles. The second-order valence-electron chi connectivity index (χ2n) is 4.90. The highest BCUT2D eigenvalue weighted by molar-refractivity contribution is 6.07. The maximum Gasteiger partial charge on any atom is 0.336 e. The van der Waals surface area contributed by atoms with E-state index < -0.39 is 5.97 Å². The molecule has 6 nitrogen and oxygen atoms in total. The number of para-hydroxylation sites is 1. The minimum absolute atomic E-state index is 0.211. The third-order valence-corrected chi connectivity index (χ3v) is 3.42. The fourth-order valence-electron chi connectivity index (χ4n) is 2.28. The van der Waals surface area contributed by atoms with Crippen LogP contribution in [0.1, 0.15) is 22.8 Å². The predicted octanol–water partition coefficient (Wildman–Crippen LogP) is 3.16. The second kappa shape index (κ2) is 6.23. The Kier molecular flexibility index (Phi) is 3.97. The molecule has 114 valence electrons. The van der Waals surface area contributed by atoms with Gasteiger partial charge in [-0.25, -0.2) is 14.8 Å². The van der Waals surface area contributed by atoms with Crippen molar-refractivity contribution in [1.29, 1.82) is 0 Å². The number of carboxylic acid groups (broad SMARTS) is 1. The number of hydrogen-bond acceptors (Lipinski definition) is 5. The second-order valence-corrected chi connectivity index (χ2v) is 4.90. The highest BCUT2D eigenvalue weighted by Gasteiger charge is 2.11. The summed E-state index contributed by atoms with van der Waals surface area (Å²) in [6.45, 7) is 1.75. The molecule has 1 heterocycles. The van der Waals surface area contributed by atoms with Gasteiger partial charge in [0.15, 0.2) is 5.82 Å². The van der Waals surface area contributed by atoms with Gasteiger partial charge in [0.2, 0.25) is 0 Å². The first-order valence-corrected chi connectivity index (χ1v) is 6.99. The van der Waals surface area contributed by atoms with Crippen LogP contribution in [0.2, 0.25) is 0 Å². The maximum absolute atomic E-state index is 11.3. The quantitative estimate of drug-likeness (QED) is 0.571. The molecule has 0 saturated carbocycles. The number of fused-ring (bicyclic) bond motifs is 1. The number of carboxylic acids is 1. The molecular weight excluding hydrogens is 292 g/mol. The van der Waals surface area contributed by atoms with Gasteiger partial charge in [-0.05, 0) is 25.1 Å². The normalized spacial score (nSPS) is 11.4. The topological polar surface area (TPSA) is 87.5 Å². The molecule has 0 aliphatic carbocycles. The van der Waals surface area contributed by atoms with E-state index in [1.54, 1.807) is 31.2 Å². The van der Waals surface area contributed by atoms with Crippen LogP contribution < -0.4 is 5.43 Å². The monoisotopic (exact) mass is 306 g/mol. The van der Waals surface area contributed by atoms with Gasteiger partial charge in [0.1, 0.15) is 6.33 Å². The minimum Gasteiger partial charge on any atom is -0.478 e. The van der Waals surface area contributed by atoms with E-state index in [0.717, 1.165) is 10.9 Å². The summed E-state index contributed by atoms with van der Waals surface area (Å²) in [5.74, 6) is -0.412. The zero-order chi connectivity index (χ0) is 16.2. The first kappa shape index (κ1) is 14.6. The van der Waals surface area contributed by atoms with Crippen molar-refractivity contribution in [2.24, 2.45) is 5.10 Å². The Labute approximate surface area is 132 Å². The van der Waals surface area contributed by atoms with Gasteiger partial charge in [0.25, 0.3) is 0 Å². The average Bonchev–Trinajstić information content (AvgIpc) is 2.59. The summed E-state index contributed by atoms with van der Waals surface area (Å²) in [6.07, 6.45) is 1.46. The molecule has 0 atom stereocenters. The molecule has 0 saturated heterocycles. The molecular formula is C17H14N4O2. The third kappa shape index (κ3) is 3.01. The Morgan fingerprint density at radius 1 is 1.04 bits per heavy atom. The number of hydrazone groups is 1. The van der Waals surface area contributed by atoms with E-state index in [4.69, 9.17) is 0 Å². The van der Waals surface area contributed by atoms with Crippen molar-refractivity contribution in [3.63, 3.8) is 0 Å². The van der Waals surface area contributed by atoms with Gasteiger partial charge in [-0.15, -0.1) is 0 Å². The third-order valence-electron chi connectivity index (χ3n) is 3.42. The fraction of sp³-hybridized carbons (Fsp3) is 0.0588. The minimum atomic E-state index is -0.984. The van der Waals surface area contributed by atoms with Crippen molar-refractivity contribution in [2.45, 2.75) is 6.92 Å². The van der Waals surface area contributed by atoms with Crippen molar-refractivity contribution >= 4 is 28.4 Å². The van der Waals surface area contributed by atoms with Crippen LogP contribution in [0.25, 0.3) is 10.9 Å². The van der Waals surface area contributed by atoms with Crippen LogP contribution in [0, 0.1) is 0 Å². The molecule has 3 aromatic rings. The molecule has 0 spiro atoms. The zero-order valence-corrected chi connectivity index (χ0v) is 12.4. The van der Waals surface area contributed by atoms with Crippen LogP contribution in [-0.2, 0) is 0 Å². The van der Waals surface area contributed by atoms with Gasteiger partial charge < -0.3 is 5.11 Å². The smallest absolute Gasteiger partial charge is 0.336 e. The van der Waals surface area contributed by atoms with E-state index >= 15 is 0 Å². The first-order valence-electron chi connectivity index (χ1n) is 6.99. The first-order chi connectivity index (χ1) is 11.2. The lowest BCUT2D eigenvalue weighted by Crippen LogP contribution is -2.08. The Morgan fingerprint density at radius 3 is 2.52 bits per heavy atom.